The Morgan fingerprint density at radius 3 is 2.55 bits per heavy atom. The predicted molar refractivity (Wildman–Crippen MR) is 85.2 cm³/mol. The Labute approximate surface area is 132 Å². The molecule has 2 rings (SSSR count). The number of ether oxygens (including phenoxy) is 3. The molecular weight excluding hydrogens is 280 g/mol. The first-order chi connectivity index (χ1) is 10.6. The molecule has 0 radical (unpaired) electrons. The zero-order valence-electron chi connectivity index (χ0n) is 13.5. The molecule has 120 valence electrons. The summed E-state index contributed by atoms with van der Waals surface area (Å²) in [6, 6.07) is 5.47. The van der Waals surface area contributed by atoms with Crippen molar-refractivity contribution in [2.75, 3.05) is 20.8 Å². The van der Waals surface area contributed by atoms with E-state index in [-0.39, 0.29) is 12.4 Å². The molecule has 2 unspecified atom stereocenters. The van der Waals surface area contributed by atoms with Crippen LogP contribution in [0.1, 0.15) is 25.3 Å². The van der Waals surface area contributed by atoms with E-state index in [4.69, 9.17) is 14.2 Å². The van der Waals surface area contributed by atoms with E-state index in [1.54, 1.807) is 20.3 Å². The molecule has 0 aliphatic heterocycles. The minimum atomic E-state index is -0.200. The maximum atomic E-state index is 12.0. The lowest BCUT2D eigenvalue weighted by atomic mass is 9.85. The molecule has 0 heterocycles. The van der Waals surface area contributed by atoms with Gasteiger partial charge in [0.15, 0.2) is 11.5 Å². The number of methoxy groups -OCH3 is 2. The van der Waals surface area contributed by atoms with Crippen LogP contribution in [0, 0.1) is 11.8 Å². The second-order valence-corrected chi connectivity index (χ2v) is 5.73. The zero-order valence-corrected chi connectivity index (χ0v) is 13.5. The molecule has 0 N–H and O–H groups in total. The highest BCUT2D eigenvalue weighted by Gasteiger charge is 2.20. The van der Waals surface area contributed by atoms with Crippen molar-refractivity contribution in [3.8, 4) is 11.5 Å². The van der Waals surface area contributed by atoms with E-state index in [0.717, 1.165) is 18.4 Å². The maximum absolute atomic E-state index is 12.0. The molecule has 0 fully saturated rings. The number of carbonyl (C=O) groups excluding carboxylic acids is 1. The fourth-order valence-electron chi connectivity index (χ4n) is 2.65. The molecule has 0 bridgehead atoms. The smallest absolute Gasteiger partial charge is 0.310 e. The highest BCUT2D eigenvalue weighted by Crippen LogP contribution is 2.28. The molecule has 2 atom stereocenters. The van der Waals surface area contributed by atoms with Crippen molar-refractivity contribution in [1.29, 1.82) is 0 Å². The van der Waals surface area contributed by atoms with Crippen molar-refractivity contribution in [3.05, 3.63) is 35.9 Å². The van der Waals surface area contributed by atoms with E-state index in [2.05, 4.69) is 19.1 Å². The highest BCUT2D eigenvalue weighted by atomic mass is 16.5. The zero-order chi connectivity index (χ0) is 15.9. The van der Waals surface area contributed by atoms with Crippen LogP contribution < -0.4 is 9.47 Å². The quantitative estimate of drug-likeness (QED) is 0.597. The lowest BCUT2D eigenvalue weighted by Gasteiger charge is -2.24. The molecule has 0 saturated carbocycles. The Kier molecular flexibility index (Phi) is 5.87. The minimum absolute atomic E-state index is 0.200. The van der Waals surface area contributed by atoms with Gasteiger partial charge in [0.2, 0.25) is 0 Å². The van der Waals surface area contributed by atoms with Crippen LogP contribution in [0.25, 0.3) is 0 Å². The average Bonchev–Trinajstić information content (AvgIpc) is 2.54. The van der Waals surface area contributed by atoms with Crippen LogP contribution in [0.4, 0.5) is 0 Å². The molecule has 1 aromatic carbocycles. The molecular formula is C18H24O4. The summed E-state index contributed by atoms with van der Waals surface area (Å²) in [5.74, 6) is 2.08. The number of allylic oxidation sites excluding steroid dienone is 2. The molecule has 1 aliphatic carbocycles. The lowest BCUT2D eigenvalue weighted by Crippen LogP contribution is -2.22. The van der Waals surface area contributed by atoms with Gasteiger partial charge in [-0.15, -0.1) is 0 Å². The molecule has 1 aromatic rings. The van der Waals surface area contributed by atoms with Gasteiger partial charge in [-0.1, -0.05) is 25.1 Å². The second kappa shape index (κ2) is 7.87. The summed E-state index contributed by atoms with van der Waals surface area (Å²) in [5, 5.41) is 0. The fourth-order valence-corrected chi connectivity index (χ4v) is 2.65. The third-order valence-electron chi connectivity index (χ3n) is 4.17. The number of rotatable bonds is 6. The maximum Gasteiger partial charge on any atom is 0.310 e. The van der Waals surface area contributed by atoms with Gasteiger partial charge in [0.1, 0.15) is 0 Å². The Morgan fingerprint density at radius 1 is 1.14 bits per heavy atom. The van der Waals surface area contributed by atoms with Crippen LogP contribution in [-0.2, 0) is 16.0 Å². The largest absolute Gasteiger partial charge is 0.493 e. The Morgan fingerprint density at radius 2 is 1.86 bits per heavy atom. The number of hydrogen-bond donors (Lipinski definition) is 0. The van der Waals surface area contributed by atoms with Gasteiger partial charge in [-0.25, -0.2) is 0 Å². The van der Waals surface area contributed by atoms with Crippen molar-refractivity contribution >= 4 is 5.97 Å². The van der Waals surface area contributed by atoms with Crippen LogP contribution in [0.5, 0.6) is 11.5 Å². The molecule has 4 heteroatoms. The summed E-state index contributed by atoms with van der Waals surface area (Å²) in [6.07, 6.45) is 6.68. The Balaban J connectivity index is 1.88. The first-order valence-electron chi connectivity index (χ1n) is 7.65. The Hall–Kier alpha value is -1.97. The van der Waals surface area contributed by atoms with E-state index >= 15 is 0 Å². The minimum Gasteiger partial charge on any atom is -0.493 e. The van der Waals surface area contributed by atoms with Crippen LogP contribution in [0.15, 0.2) is 30.4 Å². The average molecular weight is 304 g/mol. The van der Waals surface area contributed by atoms with E-state index in [0.29, 0.717) is 29.9 Å². The molecule has 0 amide bonds. The lowest BCUT2D eigenvalue weighted by molar-refractivity contribution is -0.144. The van der Waals surface area contributed by atoms with E-state index in [9.17, 15) is 4.79 Å². The third-order valence-corrected chi connectivity index (χ3v) is 4.17. The topological polar surface area (TPSA) is 44.8 Å². The number of hydrogen-bond acceptors (Lipinski definition) is 4. The molecule has 1 aliphatic rings. The molecule has 22 heavy (non-hydrogen) atoms. The van der Waals surface area contributed by atoms with Crippen LogP contribution in [-0.4, -0.2) is 26.8 Å². The summed E-state index contributed by atoms with van der Waals surface area (Å²) in [7, 11) is 3.17. The predicted octanol–water partition coefficient (Wildman–Crippen LogP) is 3.39. The first-order valence-corrected chi connectivity index (χ1v) is 7.65. The van der Waals surface area contributed by atoms with Gasteiger partial charge in [-0.3, -0.25) is 4.79 Å². The summed E-state index contributed by atoms with van der Waals surface area (Å²) in [4.78, 5) is 12.0. The SMILES string of the molecule is COc1ccc(CC(=O)OCC2CC=CCC2C)cc1OC. The van der Waals surface area contributed by atoms with Crippen molar-refractivity contribution in [2.45, 2.75) is 26.2 Å². The van der Waals surface area contributed by atoms with Crippen molar-refractivity contribution in [2.24, 2.45) is 11.8 Å². The monoisotopic (exact) mass is 304 g/mol. The molecule has 4 nitrogen and oxygen atoms in total. The van der Waals surface area contributed by atoms with Crippen molar-refractivity contribution in [1.82, 2.24) is 0 Å². The molecule has 0 saturated heterocycles. The van der Waals surface area contributed by atoms with E-state index < -0.39 is 0 Å². The third kappa shape index (κ3) is 4.26. The molecule has 0 aromatic heterocycles. The highest BCUT2D eigenvalue weighted by molar-refractivity contribution is 5.73. The molecule has 0 spiro atoms. The first kappa shape index (κ1) is 16.4. The van der Waals surface area contributed by atoms with Gasteiger partial charge in [0, 0.05) is 0 Å². The van der Waals surface area contributed by atoms with Crippen LogP contribution in [0.3, 0.4) is 0 Å². The van der Waals surface area contributed by atoms with E-state index in [1.165, 1.54) is 0 Å². The standard InChI is InChI=1S/C18H24O4/c1-13-6-4-5-7-15(13)12-22-18(19)11-14-8-9-16(20-2)17(10-14)21-3/h4-5,8-10,13,15H,6-7,11-12H2,1-3H3. The van der Waals surface area contributed by atoms with Crippen molar-refractivity contribution in [3.63, 3.8) is 0 Å². The van der Waals surface area contributed by atoms with Gasteiger partial charge in [0.25, 0.3) is 0 Å². The van der Waals surface area contributed by atoms with Gasteiger partial charge in [-0.2, -0.15) is 0 Å². The fraction of sp³-hybridized carbons (Fsp3) is 0.500. The Bertz CT molecular complexity index is 536. The van der Waals surface area contributed by atoms with E-state index in [1.807, 2.05) is 12.1 Å². The summed E-state index contributed by atoms with van der Waals surface area (Å²) in [6.45, 7) is 2.70. The number of benzene rings is 1. The van der Waals surface area contributed by atoms with Gasteiger partial charge in [-0.05, 0) is 42.4 Å². The van der Waals surface area contributed by atoms with Crippen LogP contribution >= 0.6 is 0 Å². The number of carbonyl (C=O) groups is 1. The summed E-state index contributed by atoms with van der Waals surface area (Å²) < 4.78 is 15.9. The van der Waals surface area contributed by atoms with Crippen LogP contribution in [0.2, 0.25) is 0 Å². The summed E-state index contributed by atoms with van der Waals surface area (Å²) >= 11 is 0. The normalized spacial score (nSPS) is 20.5. The number of esters is 1. The summed E-state index contributed by atoms with van der Waals surface area (Å²) in [5.41, 5.74) is 0.860. The second-order valence-electron chi connectivity index (χ2n) is 5.73. The van der Waals surface area contributed by atoms with Gasteiger partial charge >= 0.3 is 5.97 Å². The van der Waals surface area contributed by atoms with Crippen molar-refractivity contribution < 1.29 is 19.0 Å². The van der Waals surface area contributed by atoms with Gasteiger partial charge < -0.3 is 14.2 Å². The van der Waals surface area contributed by atoms with Gasteiger partial charge in [0.05, 0.1) is 27.2 Å².